The molecule has 1 aromatic carbocycles. The highest BCUT2D eigenvalue weighted by Gasteiger charge is 2.02. The zero-order valence-electron chi connectivity index (χ0n) is 9.14. The van der Waals surface area contributed by atoms with Gasteiger partial charge in [0.1, 0.15) is 6.42 Å². The van der Waals surface area contributed by atoms with Crippen LogP contribution < -0.4 is 0 Å². The van der Waals surface area contributed by atoms with Gasteiger partial charge in [-0.15, -0.1) is 0 Å². The van der Waals surface area contributed by atoms with Crippen molar-refractivity contribution in [3.05, 3.63) is 35.4 Å². The number of benzene rings is 1. The van der Waals surface area contributed by atoms with Crippen molar-refractivity contribution in [3.63, 3.8) is 0 Å². The van der Waals surface area contributed by atoms with E-state index in [1.54, 1.807) is 24.3 Å². The molecule has 0 saturated heterocycles. The van der Waals surface area contributed by atoms with Crippen molar-refractivity contribution < 1.29 is 19.8 Å². The van der Waals surface area contributed by atoms with Gasteiger partial charge in [-0.05, 0) is 18.1 Å². The average molecular weight is 232 g/mol. The molecular weight excluding hydrogens is 220 g/mol. The highest BCUT2D eigenvalue weighted by molar-refractivity contribution is 5.70. The summed E-state index contributed by atoms with van der Waals surface area (Å²) < 4.78 is 0. The standard InChI is InChI=1S/C13H12O4/c14-12(15)7-3-6-10-4-1-2-5-11(10)8-9-13(16)17/h1-2,4-5H,7-9H2,(H,14,15)(H,16,17). The molecule has 0 aromatic heterocycles. The minimum absolute atomic E-state index is 0.0393. The van der Waals surface area contributed by atoms with Crippen molar-refractivity contribution in [2.75, 3.05) is 0 Å². The summed E-state index contributed by atoms with van der Waals surface area (Å²) in [5, 5.41) is 17.1. The molecule has 1 rings (SSSR count). The molecule has 17 heavy (non-hydrogen) atoms. The van der Waals surface area contributed by atoms with Crippen LogP contribution in [-0.2, 0) is 16.0 Å². The minimum atomic E-state index is -0.972. The molecule has 0 aliphatic rings. The van der Waals surface area contributed by atoms with E-state index in [2.05, 4.69) is 11.8 Å². The summed E-state index contributed by atoms with van der Waals surface area (Å²) in [6, 6.07) is 7.15. The maximum absolute atomic E-state index is 10.5. The number of rotatable bonds is 4. The lowest BCUT2D eigenvalue weighted by Gasteiger charge is -2.01. The predicted octanol–water partition coefficient (Wildman–Crippen LogP) is 1.53. The Balaban J connectivity index is 2.79. The highest BCUT2D eigenvalue weighted by Crippen LogP contribution is 2.09. The zero-order valence-corrected chi connectivity index (χ0v) is 9.14. The van der Waals surface area contributed by atoms with Crippen LogP contribution in [0.5, 0.6) is 0 Å². The lowest BCUT2D eigenvalue weighted by molar-refractivity contribution is -0.137. The monoisotopic (exact) mass is 232 g/mol. The number of hydrogen-bond donors (Lipinski definition) is 2. The molecule has 0 aliphatic carbocycles. The van der Waals surface area contributed by atoms with Gasteiger partial charge in [-0.2, -0.15) is 0 Å². The van der Waals surface area contributed by atoms with E-state index in [4.69, 9.17) is 10.2 Å². The summed E-state index contributed by atoms with van der Waals surface area (Å²) in [7, 11) is 0. The number of hydrogen-bond acceptors (Lipinski definition) is 2. The second kappa shape index (κ2) is 6.33. The van der Waals surface area contributed by atoms with E-state index >= 15 is 0 Å². The van der Waals surface area contributed by atoms with Crippen molar-refractivity contribution in [1.82, 2.24) is 0 Å². The fraction of sp³-hybridized carbons (Fsp3) is 0.231. The molecule has 0 spiro atoms. The SMILES string of the molecule is O=C(O)CC#Cc1ccccc1CCC(=O)O. The van der Waals surface area contributed by atoms with Crippen molar-refractivity contribution in [1.29, 1.82) is 0 Å². The number of aliphatic carboxylic acids is 2. The second-order valence-electron chi connectivity index (χ2n) is 3.42. The van der Waals surface area contributed by atoms with E-state index in [1.807, 2.05) is 0 Å². The minimum Gasteiger partial charge on any atom is -0.481 e. The van der Waals surface area contributed by atoms with Crippen LogP contribution in [0.1, 0.15) is 24.0 Å². The molecule has 0 amide bonds. The Bertz CT molecular complexity index is 480. The van der Waals surface area contributed by atoms with Crippen LogP contribution in [0.15, 0.2) is 24.3 Å². The molecule has 1 aromatic rings. The molecule has 88 valence electrons. The fourth-order valence-electron chi connectivity index (χ4n) is 1.32. The molecule has 0 saturated carbocycles. The second-order valence-corrected chi connectivity index (χ2v) is 3.42. The van der Waals surface area contributed by atoms with Gasteiger partial charge in [-0.1, -0.05) is 30.0 Å². The molecule has 0 heterocycles. The van der Waals surface area contributed by atoms with Gasteiger partial charge in [0, 0.05) is 12.0 Å². The number of aryl methyl sites for hydroxylation is 1. The summed E-state index contributed by atoms with van der Waals surface area (Å²) in [4.78, 5) is 20.8. The van der Waals surface area contributed by atoms with E-state index in [9.17, 15) is 9.59 Å². The number of carbonyl (C=O) groups is 2. The molecule has 0 aliphatic heterocycles. The third kappa shape index (κ3) is 4.85. The van der Waals surface area contributed by atoms with E-state index in [1.165, 1.54) is 0 Å². The van der Waals surface area contributed by atoms with E-state index < -0.39 is 11.9 Å². The first-order chi connectivity index (χ1) is 8.09. The first-order valence-corrected chi connectivity index (χ1v) is 5.10. The lowest BCUT2D eigenvalue weighted by Crippen LogP contribution is -1.99. The number of carboxylic acid groups (broad SMARTS) is 2. The Labute approximate surface area is 98.9 Å². The topological polar surface area (TPSA) is 74.6 Å². The van der Waals surface area contributed by atoms with Crippen LogP contribution >= 0.6 is 0 Å². The summed E-state index contributed by atoms with van der Waals surface area (Å²) in [5.41, 5.74) is 1.52. The summed E-state index contributed by atoms with van der Waals surface area (Å²) in [6.07, 6.45) is 0.220. The fourth-order valence-corrected chi connectivity index (χ4v) is 1.32. The third-order valence-corrected chi connectivity index (χ3v) is 2.09. The van der Waals surface area contributed by atoms with Gasteiger partial charge >= 0.3 is 11.9 Å². The molecule has 0 atom stereocenters. The molecular formula is C13H12O4. The first-order valence-electron chi connectivity index (χ1n) is 5.10. The lowest BCUT2D eigenvalue weighted by atomic mass is 10.0. The maximum atomic E-state index is 10.5. The largest absolute Gasteiger partial charge is 0.481 e. The van der Waals surface area contributed by atoms with Crippen molar-refractivity contribution in [2.45, 2.75) is 19.3 Å². The summed E-state index contributed by atoms with van der Waals surface area (Å²) >= 11 is 0. The molecule has 0 bridgehead atoms. The summed E-state index contributed by atoms with van der Waals surface area (Å²) in [6.45, 7) is 0. The van der Waals surface area contributed by atoms with Crippen LogP contribution in [0, 0.1) is 11.8 Å². The highest BCUT2D eigenvalue weighted by atomic mass is 16.4. The molecule has 4 nitrogen and oxygen atoms in total. The van der Waals surface area contributed by atoms with Crippen molar-refractivity contribution in [3.8, 4) is 11.8 Å². The number of carboxylic acids is 2. The zero-order chi connectivity index (χ0) is 12.7. The Hall–Kier alpha value is -2.28. The Morgan fingerprint density at radius 2 is 1.82 bits per heavy atom. The molecule has 4 heteroatoms. The van der Waals surface area contributed by atoms with E-state index in [0.717, 1.165) is 5.56 Å². The van der Waals surface area contributed by atoms with Gasteiger partial charge in [0.2, 0.25) is 0 Å². The third-order valence-electron chi connectivity index (χ3n) is 2.09. The van der Waals surface area contributed by atoms with Crippen molar-refractivity contribution >= 4 is 11.9 Å². The van der Waals surface area contributed by atoms with Crippen LogP contribution in [0.2, 0.25) is 0 Å². The van der Waals surface area contributed by atoms with Crippen LogP contribution in [0.4, 0.5) is 0 Å². The Morgan fingerprint density at radius 3 is 2.47 bits per heavy atom. The van der Waals surface area contributed by atoms with Gasteiger partial charge in [-0.25, -0.2) is 0 Å². The van der Waals surface area contributed by atoms with Crippen LogP contribution in [0.3, 0.4) is 0 Å². The Morgan fingerprint density at radius 1 is 1.12 bits per heavy atom. The van der Waals surface area contributed by atoms with Gasteiger partial charge < -0.3 is 10.2 Å². The normalized spacial score (nSPS) is 9.18. The van der Waals surface area contributed by atoms with E-state index in [-0.39, 0.29) is 12.8 Å². The van der Waals surface area contributed by atoms with Gasteiger partial charge in [0.05, 0.1) is 0 Å². The van der Waals surface area contributed by atoms with E-state index in [0.29, 0.717) is 12.0 Å². The quantitative estimate of drug-likeness (QED) is 0.772. The molecule has 0 radical (unpaired) electrons. The summed E-state index contributed by atoms with van der Waals surface area (Å²) in [5.74, 6) is 3.44. The van der Waals surface area contributed by atoms with Gasteiger partial charge in [-0.3, -0.25) is 9.59 Å². The molecule has 0 fully saturated rings. The first kappa shape index (κ1) is 12.8. The predicted molar refractivity (Wildman–Crippen MR) is 61.5 cm³/mol. The van der Waals surface area contributed by atoms with Crippen molar-refractivity contribution in [2.24, 2.45) is 0 Å². The van der Waals surface area contributed by atoms with Crippen LogP contribution in [-0.4, -0.2) is 22.2 Å². The Kier molecular flexibility index (Phi) is 4.77. The molecule has 0 unspecified atom stereocenters. The maximum Gasteiger partial charge on any atom is 0.315 e. The van der Waals surface area contributed by atoms with Crippen LogP contribution in [0.25, 0.3) is 0 Å². The smallest absolute Gasteiger partial charge is 0.315 e. The van der Waals surface area contributed by atoms with Gasteiger partial charge in [0.25, 0.3) is 0 Å². The molecule has 2 N–H and O–H groups in total. The average Bonchev–Trinajstić information content (AvgIpc) is 2.27. The van der Waals surface area contributed by atoms with Gasteiger partial charge in [0.15, 0.2) is 0 Å².